The first-order valence-corrected chi connectivity index (χ1v) is 9.43. The molecule has 0 radical (unpaired) electrons. The maximum absolute atomic E-state index is 5.45. The molecule has 8 heteroatoms. The zero-order chi connectivity index (χ0) is 18.6. The first kappa shape index (κ1) is 17.8. The van der Waals surface area contributed by atoms with Gasteiger partial charge < -0.3 is 29.6 Å². The molecule has 2 aromatic rings. The Morgan fingerprint density at radius 3 is 2.63 bits per heavy atom. The van der Waals surface area contributed by atoms with Crippen LogP contribution in [0.2, 0.25) is 0 Å². The molecule has 2 aromatic carbocycles. The smallest absolute Gasteiger partial charge is 0.231 e. The molecule has 0 saturated carbocycles. The van der Waals surface area contributed by atoms with E-state index in [-0.39, 0.29) is 6.79 Å². The van der Waals surface area contributed by atoms with Crippen LogP contribution in [-0.2, 0) is 13.0 Å². The summed E-state index contributed by atoms with van der Waals surface area (Å²) >= 11 is 3.51. The van der Waals surface area contributed by atoms with Crippen molar-refractivity contribution in [3.8, 4) is 23.0 Å². The number of benzene rings is 2. The predicted octanol–water partition coefficient (Wildman–Crippen LogP) is 2.81. The summed E-state index contributed by atoms with van der Waals surface area (Å²) in [6, 6.07) is 10.0. The molecule has 0 unspecified atom stereocenters. The maximum atomic E-state index is 5.45. The molecule has 0 aliphatic carbocycles. The predicted molar refractivity (Wildman–Crippen MR) is 105 cm³/mol. The number of hydrogen-bond acceptors (Lipinski definition) is 5. The molecule has 0 saturated heterocycles. The summed E-state index contributed by atoms with van der Waals surface area (Å²) in [7, 11) is 1.76. The lowest BCUT2D eigenvalue weighted by Crippen LogP contribution is -2.37. The topological polar surface area (TPSA) is 73.3 Å². The molecule has 7 nitrogen and oxygen atoms in total. The first-order chi connectivity index (χ1) is 13.2. The summed E-state index contributed by atoms with van der Waals surface area (Å²) in [4.78, 5) is 4.27. The van der Waals surface area contributed by atoms with Crippen molar-refractivity contribution in [1.82, 2.24) is 10.6 Å². The van der Waals surface area contributed by atoms with Gasteiger partial charge in [0.1, 0.15) is 0 Å². The second-order valence-corrected chi connectivity index (χ2v) is 6.96. The van der Waals surface area contributed by atoms with E-state index in [9.17, 15) is 0 Å². The average Bonchev–Trinajstić information content (AvgIpc) is 3.33. The van der Waals surface area contributed by atoms with Crippen LogP contribution in [-0.4, -0.2) is 33.1 Å². The number of ether oxygens (including phenoxy) is 4. The monoisotopic (exact) mass is 433 g/mol. The van der Waals surface area contributed by atoms with Crippen molar-refractivity contribution in [1.29, 1.82) is 0 Å². The van der Waals surface area contributed by atoms with E-state index in [1.54, 1.807) is 7.05 Å². The summed E-state index contributed by atoms with van der Waals surface area (Å²) in [5, 5.41) is 6.63. The fourth-order valence-corrected chi connectivity index (χ4v) is 3.55. The van der Waals surface area contributed by atoms with E-state index in [2.05, 4.69) is 37.6 Å². The molecule has 2 N–H and O–H groups in total. The standard InChI is InChI=1S/C19H20BrN3O4/c1-21-19(22-5-4-12-2-3-15-16(7-12)25-10-24-15)23-9-13-6-14(20)18-17(8-13)26-11-27-18/h2-3,6-8H,4-5,9-11H2,1H3,(H2,21,22,23). The molecule has 142 valence electrons. The lowest BCUT2D eigenvalue weighted by molar-refractivity contribution is 0.173. The second kappa shape index (κ2) is 7.96. The van der Waals surface area contributed by atoms with Gasteiger partial charge in [-0.3, -0.25) is 4.99 Å². The van der Waals surface area contributed by atoms with E-state index >= 15 is 0 Å². The first-order valence-electron chi connectivity index (χ1n) is 8.64. The number of fused-ring (bicyclic) bond motifs is 2. The molecule has 0 atom stereocenters. The van der Waals surface area contributed by atoms with Crippen LogP contribution in [0.4, 0.5) is 0 Å². The Bertz CT molecular complexity index is 872. The molecule has 0 bridgehead atoms. The highest BCUT2D eigenvalue weighted by atomic mass is 79.9. The molecule has 2 heterocycles. The minimum atomic E-state index is 0.258. The summed E-state index contributed by atoms with van der Waals surface area (Å²) in [5.41, 5.74) is 2.26. The second-order valence-electron chi connectivity index (χ2n) is 6.10. The third-order valence-corrected chi connectivity index (χ3v) is 4.90. The van der Waals surface area contributed by atoms with Crippen molar-refractivity contribution in [2.45, 2.75) is 13.0 Å². The van der Waals surface area contributed by atoms with Crippen molar-refractivity contribution in [3.05, 3.63) is 45.9 Å². The van der Waals surface area contributed by atoms with E-state index < -0.39 is 0 Å². The molecule has 2 aliphatic heterocycles. The van der Waals surface area contributed by atoms with Gasteiger partial charge in [0, 0.05) is 20.1 Å². The molecule has 0 spiro atoms. The van der Waals surface area contributed by atoms with Gasteiger partial charge in [0.2, 0.25) is 13.6 Å². The summed E-state index contributed by atoms with van der Waals surface area (Å²) in [5.74, 6) is 3.86. The number of aliphatic imine (C=N–C) groups is 1. The Morgan fingerprint density at radius 1 is 0.963 bits per heavy atom. The highest BCUT2D eigenvalue weighted by molar-refractivity contribution is 9.10. The molecular formula is C19H20BrN3O4. The summed E-state index contributed by atoms with van der Waals surface area (Å²) in [6.07, 6.45) is 0.854. The number of nitrogens with one attached hydrogen (secondary N) is 2. The van der Waals surface area contributed by atoms with Crippen LogP contribution in [0, 0.1) is 0 Å². The van der Waals surface area contributed by atoms with Gasteiger partial charge in [-0.2, -0.15) is 0 Å². The normalized spacial score (nSPS) is 14.4. The number of halogens is 1. The molecule has 0 aromatic heterocycles. The van der Waals surface area contributed by atoms with Crippen LogP contribution in [0.1, 0.15) is 11.1 Å². The molecule has 27 heavy (non-hydrogen) atoms. The lowest BCUT2D eigenvalue weighted by Gasteiger charge is -2.13. The Labute approximate surface area is 165 Å². The van der Waals surface area contributed by atoms with Gasteiger partial charge in [0.15, 0.2) is 29.0 Å². The van der Waals surface area contributed by atoms with Crippen LogP contribution in [0.3, 0.4) is 0 Å². The molecule has 0 fully saturated rings. The van der Waals surface area contributed by atoms with Crippen LogP contribution < -0.4 is 29.6 Å². The van der Waals surface area contributed by atoms with Crippen LogP contribution in [0.5, 0.6) is 23.0 Å². The molecule has 4 rings (SSSR count). The highest BCUT2D eigenvalue weighted by Gasteiger charge is 2.18. The SMILES string of the molecule is CN=C(NCCc1ccc2c(c1)OCO2)NCc1cc(Br)c2c(c1)OCO2. The van der Waals surface area contributed by atoms with E-state index in [0.29, 0.717) is 13.3 Å². The number of hydrogen-bond donors (Lipinski definition) is 2. The van der Waals surface area contributed by atoms with E-state index in [4.69, 9.17) is 18.9 Å². The molecule has 0 amide bonds. The summed E-state index contributed by atoms with van der Waals surface area (Å²) in [6.45, 7) is 1.93. The maximum Gasteiger partial charge on any atom is 0.231 e. The lowest BCUT2D eigenvalue weighted by atomic mass is 10.1. The zero-order valence-corrected chi connectivity index (χ0v) is 16.5. The quantitative estimate of drug-likeness (QED) is 0.557. The third kappa shape index (κ3) is 4.05. The van der Waals surface area contributed by atoms with E-state index in [0.717, 1.165) is 52.0 Å². The molecular weight excluding hydrogens is 414 g/mol. The van der Waals surface area contributed by atoms with Crippen molar-refractivity contribution < 1.29 is 18.9 Å². The Balaban J connectivity index is 1.28. The van der Waals surface area contributed by atoms with Crippen LogP contribution in [0.25, 0.3) is 0 Å². The van der Waals surface area contributed by atoms with Crippen molar-refractivity contribution in [3.63, 3.8) is 0 Å². The fourth-order valence-electron chi connectivity index (χ4n) is 2.95. The van der Waals surface area contributed by atoms with Gasteiger partial charge in [0.05, 0.1) is 4.47 Å². The number of nitrogens with zero attached hydrogens (tertiary/aromatic N) is 1. The molecule has 2 aliphatic rings. The third-order valence-electron chi connectivity index (χ3n) is 4.31. The Hall–Kier alpha value is -2.61. The van der Waals surface area contributed by atoms with Crippen LogP contribution >= 0.6 is 15.9 Å². The van der Waals surface area contributed by atoms with Gasteiger partial charge in [-0.1, -0.05) is 6.07 Å². The Morgan fingerprint density at radius 2 is 1.74 bits per heavy atom. The van der Waals surface area contributed by atoms with Gasteiger partial charge in [-0.25, -0.2) is 0 Å². The van der Waals surface area contributed by atoms with Crippen molar-refractivity contribution in [2.24, 2.45) is 4.99 Å². The fraction of sp³-hybridized carbons (Fsp3) is 0.316. The summed E-state index contributed by atoms with van der Waals surface area (Å²) < 4.78 is 22.5. The zero-order valence-electron chi connectivity index (χ0n) is 14.9. The highest BCUT2D eigenvalue weighted by Crippen LogP contribution is 2.39. The van der Waals surface area contributed by atoms with Crippen LogP contribution in [0.15, 0.2) is 39.8 Å². The van der Waals surface area contributed by atoms with Gasteiger partial charge in [-0.05, 0) is 57.7 Å². The van der Waals surface area contributed by atoms with Gasteiger partial charge >= 0.3 is 0 Å². The van der Waals surface area contributed by atoms with Crippen molar-refractivity contribution in [2.75, 3.05) is 27.2 Å². The van der Waals surface area contributed by atoms with Gasteiger partial charge in [-0.15, -0.1) is 0 Å². The minimum absolute atomic E-state index is 0.258. The van der Waals surface area contributed by atoms with E-state index in [1.165, 1.54) is 5.56 Å². The Kier molecular flexibility index (Phi) is 5.24. The average molecular weight is 434 g/mol. The van der Waals surface area contributed by atoms with Crippen molar-refractivity contribution >= 4 is 21.9 Å². The minimum Gasteiger partial charge on any atom is -0.454 e. The van der Waals surface area contributed by atoms with Gasteiger partial charge in [0.25, 0.3) is 0 Å². The van der Waals surface area contributed by atoms with E-state index in [1.807, 2.05) is 24.3 Å². The largest absolute Gasteiger partial charge is 0.454 e. The number of guanidine groups is 1. The number of rotatable bonds is 5.